The van der Waals surface area contributed by atoms with Gasteiger partial charge in [0.15, 0.2) is 0 Å². The second-order valence-electron chi connectivity index (χ2n) is 5.00. The van der Waals surface area contributed by atoms with Crippen molar-refractivity contribution in [3.8, 4) is 5.88 Å². The maximum Gasteiger partial charge on any atom is 0.219 e. The summed E-state index contributed by atoms with van der Waals surface area (Å²) in [4.78, 5) is 4.22. The molecule has 5 nitrogen and oxygen atoms in total. The number of nitrogens with one attached hydrogen (secondary N) is 1. The number of fused-ring (bicyclic) bond motifs is 1. The Kier molecular flexibility index (Phi) is 3.62. The summed E-state index contributed by atoms with van der Waals surface area (Å²) in [5.74, 6) is 0.575. The molecule has 104 valence electrons. The number of aliphatic hydroxyl groups is 1. The van der Waals surface area contributed by atoms with Crippen LogP contribution in [0, 0.1) is 0 Å². The number of rotatable bonds is 3. The van der Waals surface area contributed by atoms with Crippen LogP contribution in [-0.4, -0.2) is 42.6 Å². The van der Waals surface area contributed by atoms with Crippen LogP contribution in [0.3, 0.4) is 0 Å². The molecule has 1 saturated heterocycles. The van der Waals surface area contributed by atoms with E-state index in [2.05, 4.69) is 10.3 Å². The molecule has 0 saturated carbocycles. The molecule has 1 aliphatic carbocycles. The average Bonchev–Trinajstić information content (AvgIpc) is 2.97. The Morgan fingerprint density at radius 1 is 1.53 bits per heavy atom. The van der Waals surface area contributed by atoms with Crippen molar-refractivity contribution in [2.75, 3.05) is 20.3 Å². The fourth-order valence-electron chi connectivity index (χ4n) is 2.86. The van der Waals surface area contributed by atoms with E-state index in [1.165, 1.54) is 5.56 Å². The van der Waals surface area contributed by atoms with Crippen molar-refractivity contribution in [2.45, 2.75) is 31.0 Å². The third-order valence-electron chi connectivity index (χ3n) is 3.79. The topological polar surface area (TPSA) is 63.6 Å². The van der Waals surface area contributed by atoms with E-state index in [9.17, 15) is 5.11 Å². The highest BCUT2D eigenvalue weighted by Gasteiger charge is 2.33. The summed E-state index contributed by atoms with van der Waals surface area (Å²) in [7, 11) is 1.60. The molecule has 0 radical (unpaired) electrons. The molecule has 1 aliphatic heterocycles. The molecule has 2 unspecified atom stereocenters. The van der Waals surface area contributed by atoms with Crippen molar-refractivity contribution in [1.82, 2.24) is 10.3 Å². The second-order valence-corrected chi connectivity index (χ2v) is 5.38. The Morgan fingerprint density at radius 3 is 3.05 bits per heavy atom. The third kappa shape index (κ3) is 2.43. The maximum atomic E-state index is 9.81. The lowest BCUT2D eigenvalue weighted by molar-refractivity contribution is 0.121. The summed E-state index contributed by atoms with van der Waals surface area (Å²) < 4.78 is 10.6. The number of ether oxygens (including phenoxy) is 2. The number of aryl methyl sites for hydroxylation is 1. The number of nitrogens with zero attached hydrogens (tertiary/aromatic N) is 1. The molecular formula is C13H17ClN2O3. The molecular weight excluding hydrogens is 268 g/mol. The van der Waals surface area contributed by atoms with Crippen LogP contribution in [-0.2, 0) is 11.2 Å². The van der Waals surface area contributed by atoms with Gasteiger partial charge in [0.1, 0.15) is 5.15 Å². The number of methoxy groups -OCH3 is 1. The van der Waals surface area contributed by atoms with Crippen molar-refractivity contribution in [3.05, 3.63) is 22.3 Å². The van der Waals surface area contributed by atoms with Gasteiger partial charge in [0, 0.05) is 11.6 Å². The van der Waals surface area contributed by atoms with Gasteiger partial charge in [-0.25, -0.2) is 4.98 Å². The Balaban J connectivity index is 1.84. The van der Waals surface area contributed by atoms with Crippen LogP contribution < -0.4 is 10.1 Å². The van der Waals surface area contributed by atoms with Gasteiger partial charge < -0.3 is 19.9 Å². The van der Waals surface area contributed by atoms with E-state index in [1.54, 1.807) is 7.11 Å². The molecule has 1 aromatic heterocycles. The number of aliphatic hydroxyl groups excluding tert-OH is 1. The molecule has 0 aromatic carbocycles. The maximum absolute atomic E-state index is 9.81. The molecule has 1 aromatic rings. The number of hydrogen-bond acceptors (Lipinski definition) is 5. The number of halogens is 1. The summed E-state index contributed by atoms with van der Waals surface area (Å²) in [6.07, 6.45) is 1.45. The first-order chi connectivity index (χ1) is 9.19. The molecule has 2 N–H and O–H groups in total. The Hall–Kier alpha value is -0.880. The summed E-state index contributed by atoms with van der Waals surface area (Å²) in [5.41, 5.74) is 2.23. The summed E-state index contributed by atoms with van der Waals surface area (Å²) in [5, 5.41) is 13.7. The van der Waals surface area contributed by atoms with Crippen LogP contribution in [0.1, 0.15) is 23.6 Å². The van der Waals surface area contributed by atoms with Gasteiger partial charge >= 0.3 is 0 Å². The van der Waals surface area contributed by atoms with E-state index < -0.39 is 6.10 Å². The molecule has 3 atom stereocenters. The first kappa shape index (κ1) is 13.1. The first-order valence-corrected chi connectivity index (χ1v) is 6.82. The van der Waals surface area contributed by atoms with E-state index in [4.69, 9.17) is 21.1 Å². The normalized spacial score (nSPS) is 29.5. The second kappa shape index (κ2) is 5.25. The highest BCUT2D eigenvalue weighted by atomic mass is 35.5. The summed E-state index contributed by atoms with van der Waals surface area (Å²) >= 11 is 5.98. The highest BCUT2D eigenvalue weighted by Crippen LogP contribution is 2.38. The van der Waals surface area contributed by atoms with Gasteiger partial charge in [-0.15, -0.1) is 0 Å². The Bertz CT molecular complexity index is 483. The van der Waals surface area contributed by atoms with E-state index >= 15 is 0 Å². The van der Waals surface area contributed by atoms with Crippen molar-refractivity contribution < 1.29 is 14.6 Å². The number of pyridine rings is 1. The summed E-state index contributed by atoms with van der Waals surface area (Å²) in [6.45, 7) is 0.934. The minimum Gasteiger partial charge on any atom is -0.481 e. The van der Waals surface area contributed by atoms with Crippen LogP contribution >= 0.6 is 11.6 Å². The molecule has 2 heterocycles. The SMILES string of the molecule is COc1nc(Cl)cc2c1C(NC1COC[C@@H]1O)CC2. The standard InChI is InChI=1S/C13H17ClN2O3/c1-18-13-12-7(4-11(14)16-13)2-3-8(12)15-9-5-19-6-10(9)17/h4,8-10,15,17H,2-3,5-6H2,1H3/t8?,9?,10-/m0/s1. The molecule has 0 amide bonds. The zero-order chi connectivity index (χ0) is 13.4. The zero-order valence-corrected chi connectivity index (χ0v) is 11.5. The Morgan fingerprint density at radius 2 is 2.37 bits per heavy atom. The van der Waals surface area contributed by atoms with Gasteiger partial charge in [-0.05, 0) is 24.5 Å². The van der Waals surface area contributed by atoms with Crippen LogP contribution in [0.25, 0.3) is 0 Å². The van der Waals surface area contributed by atoms with Crippen molar-refractivity contribution in [3.63, 3.8) is 0 Å². The van der Waals surface area contributed by atoms with Crippen molar-refractivity contribution >= 4 is 11.6 Å². The van der Waals surface area contributed by atoms with Crippen LogP contribution in [0.5, 0.6) is 5.88 Å². The Labute approximate surface area is 116 Å². The lowest BCUT2D eigenvalue weighted by Gasteiger charge is -2.22. The number of hydrogen-bond donors (Lipinski definition) is 2. The molecule has 0 bridgehead atoms. The smallest absolute Gasteiger partial charge is 0.219 e. The minimum absolute atomic E-state index is 0.0312. The van der Waals surface area contributed by atoms with E-state index in [1.807, 2.05) is 6.07 Å². The highest BCUT2D eigenvalue weighted by molar-refractivity contribution is 6.29. The molecule has 0 spiro atoms. The lowest BCUT2D eigenvalue weighted by atomic mass is 10.1. The average molecular weight is 285 g/mol. The van der Waals surface area contributed by atoms with Crippen LogP contribution in [0.15, 0.2) is 6.07 Å². The van der Waals surface area contributed by atoms with Gasteiger partial charge in [0.2, 0.25) is 5.88 Å². The predicted molar refractivity (Wildman–Crippen MR) is 70.6 cm³/mol. The third-order valence-corrected chi connectivity index (χ3v) is 3.98. The monoisotopic (exact) mass is 284 g/mol. The number of aromatic nitrogens is 1. The van der Waals surface area contributed by atoms with E-state index in [0.29, 0.717) is 24.2 Å². The quantitative estimate of drug-likeness (QED) is 0.813. The van der Waals surface area contributed by atoms with Crippen LogP contribution in [0.2, 0.25) is 5.15 Å². The van der Waals surface area contributed by atoms with E-state index in [0.717, 1.165) is 18.4 Å². The predicted octanol–water partition coefficient (Wildman–Crippen LogP) is 1.08. The van der Waals surface area contributed by atoms with Crippen molar-refractivity contribution in [2.24, 2.45) is 0 Å². The van der Waals surface area contributed by atoms with Crippen LogP contribution in [0.4, 0.5) is 0 Å². The largest absolute Gasteiger partial charge is 0.481 e. The summed E-state index contributed by atoms with van der Waals surface area (Å²) in [6, 6.07) is 2.00. The molecule has 6 heteroatoms. The van der Waals surface area contributed by atoms with Crippen molar-refractivity contribution in [1.29, 1.82) is 0 Å². The minimum atomic E-state index is -0.449. The van der Waals surface area contributed by atoms with Gasteiger partial charge in [-0.2, -0.15) is 0 Å². The van der Waals surface area contributed by atoms with Gasteiger partial charge in [-0.3, -0.25) is 0 Å². The van der Waals surface area contributed by atoms with Gasteiger partial charge in [-0.1, -0.05) is 11.6 Å². The first-order valence-electron chi connectivity index (χ1n) is 6.44. The lowest BCUT2D eigenvalue weighted by Crippen LogP contribution is -2.40. The van der Waals surface area contributed by atoms with Gasteiger partial charge in [0.25, 0.3) is 0 Å². The molecule has 2 aliphatic rings. The molecule has 19 heavy (non-hydrogen) atoms. The van der Waals surface area contributed by atoms with E-state index in [-0.39, 0.29) is 12.1 Å². The zero-order valence-electron chi connectivity index (χ0n) is 10.7. The fourth-order valence-corrected chi connectivity index (χ4v) is 3.06. The molecule has 3 rings (SSSR count). The molecule has 1 fully saturated rings. The van der Waals surface area contributed by atoms with Gasteiger partial charge in [0.05, 0.1) is 32.5 Å². The fraction of sp³-hybridized carbons (Fsp3) is 0.615.